The van der Waals surface area contributed by atoms with Gasteiger partial charge in [0.05, 0.1) is 4.88 Å². The third-order valence-electron chi connectivity index (χ3n) is 3.27. The summed E-state index contributed by atoms with van der Waals surface area (Å²) >= 11 is 1.48. The molecular formula is C15H16N2OS. The number of carbonyl (C=O) groups is 1. The number of nitrogens with zero attached hydrogens (tertiary/aromatic N) is 1. The van der Waals surface area contributed by atoms with Crippen molar-refractivity contribution >= 4 is 17.2 Å². The molecule has 1 aliphatic carbocycles. The molecule has 3 nitrogen and oxygen atoms in total. The van der Waals surface area contributed by atoms with Gasteiger partial charge in [-0.25, -0.2) is 0 Å². The summed E-state index contributed by atoms with van der Waals surface area (Å²) in [5.74, 6) is 0.693. The minimum Gasteiger partial charge on any atom is -0.347 e. The molecule has 0 atom stereocenters. The minimum atomic E-state index is -0.00470. The molecule has 0 radical (unpaired) electrons. The summed E-state index contributed by atoms with van der Waals surface area (Å²) in [6.07, 6.45) is 6.30. The molecule has 1 aliphatic rings. The Morgan fingerprint density at radius 3 is 2.95 bits per heavy atom. The van der Waals surface area contributed by atoms with Crippen LogP contribution in [0.25, 0.3) is 0 Å². The van der Waals surface area contributed by atoms with Crippen molar-refractivity contribution in [2.75, 3.05) is 0 Å². The first-order chi connectivity index (χ1) is 9.22. The first kappa shape index (κ1) is 12.4. The van der Waals surface area contributed by atoms with E-state index < -0.39 is 0 Å². The lowest BCUT2D eigenvalue weighted by molar-refractivity contribution is 0.0955. The number of pyridine rings is 1. The van der Waals surface area contributed by atoms with Crippen molar-refractivity contribution in [1.82, 2.24) is 10.3 Å². The third-order valence-corrected chi connectivity index (χ3v) is 4.32. The summed E-state index contributed by atoms with van der Waals surface area (Å²) < 4.78 is 0. The van der Waals surface area contributed by atoms with Crippen molar-refractivity contribution in [3.8, 4) is 0 Å². The number of nitrogens with one attached hydrogen (secondary N) is 1. The number of aryl methyl sites for hydroxylation is 1. The Balaban J connectivity index is 1.62. The summed E-state index contributed by atoms with van der Waals surface area (Å²) in [5, 5.41) is 4.94. The Bertz CT molecular complexity index is 602. The predicted octanol–water partition coefficient (Wildman–Crippen LogP) is 3.26. The highest BCUT2D eigenvalue weighted by Gasteiger charge is 2.23. The second kappa shape index (κ2) is 5.13. The largest absolute Gasteiger partial charge is 0.347 e. The van der Waals surface area contributed by atoms with Gasteiger partial charge >= 0.3 is 0 Å². The maximum Gasteiger partial charge on any atom is 0.261 e. The van der Waals surface area contributed by atoms with Gasteiger partial charge in [-0.3, -0.25) is 9.78 Å². The quantitative estimate of drug-likeness (QED) is 0.928. The van der Waals surface area contributed by atoms with E-state index >= 15 is 0 Å². The van der Waals surface area contributed by atoms with Crippen LogP contribution in [0.4, 0.5) is 0 Å². The molecule has 4 heteroatoms. The Morgan fingerprint density at radius 1 is 1.42 bits per heavy atom. The molecule has 98 valence electrons. The summed E-state index contributed by atoms with van der Waals surface area (Å²) in [4.78, 5) is 17.0. The van der Waals surface area contributed by atoms with Gasteiger partial charge in [0, 0.05) is 18.9 Å². The lowest BCUT2D eigenvalue weighted by Gasteiger charge is -2.05. The van der Waals surface area contributed by atoms with Crippen molar-refractivity contribution in [1.29, 1.82) is 0 Å². The molecule has 0 spiro atoms. The summed E-state index contributed by atoms with van der Waals surface area (Å²) in [6.45, 7) is 2.54. The molecule has 0 aliphatic heterocycles. The number of thiophene rings is 1. The highest BCUT2D eigenvalue weighted by atomic mass is 32.1. The fourth-order valence-corrected chi connectivity index (χ4v) is 2.88. The lowest BCUT2D eigenvalue weighted by Crippen LogP contribution is -2.21. The van der Waals surface area contributed by atoms with Gasteiger partial charge in [0.2, 0.25) is 0 Å². The van der Waals surface area contributed by atoms with Crippen LogP contribution in [0.5, 0.6) is 0 Å². The number of carbonyl (C=O) groups excluding carboxylic acids is 1. The highest BCUT2D eigenvalue weighted by Crippen LogP contribution is 2.39. The van der Waals surface area contributed by atoms with E-state index in [1.807, 2.05) is 30.8 Å². The number of hydrogen-bond donors (Lipinski definition) is 1. The fraction of sp³-hybridized carbons (Fsp3) is 0.333. The summed E-state index contributed by atoms with van der Waals surface area (Å²) in [7, 11) is 0. The Kier molecular flexibility index (Phi) is 3.34. The number of amides is 1. The van der Waals surface area contributed by atoms with E-state index in [0.29, 0.717) is 12.5 Å². The van der Waals surface area contributed by atoms with Crippen LogP contribution in [-0.2, 0) is 6.54 Å². The van der Waals surface area contributed by atoms with E-state index in [1.54, 1.807) is 0 Å². The van der Waals surface area contributed by atoms with Gasteiger partial charge < -0.3 is 5.32 Å². The predicted molar refractivity (Wildman–Crippen MR) is 76.4 cm³/mol. The Morgan fingerprint density at radius 2 is 2.26 bits per heavy atom. The first-order valence-corrected chi connectivity index (χ1v) is 7.37. The van der Waals surface area contributed by atoms with Gasteiger partial charge in [0.25, 0.3) is 5.91 Å². The van der Waals surface area contributed by atoms with Crippen LogP contribution in [0, 0.1) is 6.92 Å². The molecule has 19 heavy (non-hydrogen) atoms. The second-order valence-corrected chi connectivity index (χ2v) is 5.98. The Labute approximate surface area is 116 Å². The zero-order chi connectivity index (χ0) is 13.2. The van der Waals surface area contributed by atoms with E-state index in [0.717, 1.165) is 16.0 Å². The maximum atomic E-state index is 11.9. The molecule has 1 fully saturated rings. The molecular weight excluding hydrogens is 256 g/mol. The normalized spacial score (nSPS) is 14.4. The van der Waals surface area contributed by atoms with Gasteiger partial charge in [-0.15, -0.1) is 11.3 Å². The molecule has 2 aromatic rings. The van der Waals surface area contributed by atoms with Crippen LogP contribution in [0.2, 0.25) is 0 Å². The van der Waals surface area contributed by atoms with Crippen LogP contribution in [0.15, 0.2) is 29.9 Å². The SMILES string of the molecule is Cc1csc(C(=O)NCc2cncc(C3CC3)c2)c1. The monoisotopic (exact) mass is 272 g/mol. The zero-order valence-corrected chi connectivity index (χ0v) is 11.7. The van der Waals surface area contributed by atoms with Gasteiger partial charge in [-0.05, 0) is 53.8 Å². The average molecular weight is 272 g/mol. The molecule has 1 saturated carbocycles. The van der Waals surface area contributed by atoms with Crippen molar-refractivity contribution < 1.29 is 4.79 Å². The molecule has 2 heterocycles. The Hall–Kier alpha value is -1.68. The van der Waals surface area contributed by atoms with Crippen molar-refractivity contribution in [3.05, 3.63) is 51.5 Å². The van der Waals surface area contributed by atoms with Crippen molar-refractivity contribution in [2.24, 2.45) is 0 Å². The molecule has 1 N–H and O–H groups in total. The van der Waals surface area contributed by atoms with Gasteiger partial charge in [-0.1, -0.05) is 6.07 Å². The minimum absolute atomic E-state index is 0.00470. The average Bonchev–Trinajstić information content (AvgIpc) is 3.19. The van der Waals surface area contributed by atoms with E-state index in [4.69, 9.17) is 0 Å². The number of hydrogen-bond acceptors (Lipinski definition) is 3. The van der Waals surface area contributed by atoms with Gasteiger partial charge in [0.15, 0.2) is 0 Å². The third kappa shape index (κ3) is 3.01. The number of aromatic nitrogens is 1. The summed E-state index contributed by atoms with van der Waals surface area (Å²) in [5.41, 5.74) is 3.51. The molecule has 0 saturated heterocycles. The zero-order valence-electron chi connectivity index (χ0n) is 10.8. The molecule has 3 rings (SSSR count). The number of rotatable bonds is 4. The molecule has 0 aromatic carbocycles. The standard InChI is InChI=1S/C15H16N2OS/c1-10-4-14(19-9-10)15(18)17-7-11-5-13(8-16-6-11)12-2-3-12/h4-6,8-9,12H,2-3,7H2,1H3,(H,17,18). The maximum absolute atomic E-state index is 11.9. The van der Waals surface area contributed by atoms with Crippen molar-refractivity contribution in [2.45, 2.75) is 32.2 Å². The smallest absolute Gasteiger partial charge is 0.261 e. The van der Waals surface area contributed by atoms with E-state index in [9.17, 15) is 4.79 Å². The van der Waals surface area contributed by atoms with Gasteiger partial charge in [-0.2, -0.15) is 0 Å². The fourth-order valence-electron chi connectivity index (χ4n) is 2.06. The molecule has 2 aromatic heterocycles. The van der Waals surface area contributed by atoms with Crippen LogP contribution in [-0.4, -0.2) is 10.9 Å². The van der Waals surface area contributed by atoms with E-state index in [-0.39, 0.29) is 5.91 Å². The van der Waals surface area contributed by atoms with Crippen LogP contribution in [0.3, 0.4) is 0 Å². The molecule has 0 bridgehead atoms. The van der Waals surface area contributed by atoms with Crippen LogP contribution >= 0.6 is 11.3 Å². The molecule has 0 unspecified atom stereocenters. The molecule has 1 amide bonds. The first-order valence-electron chi connectivity index (χ1n) is 6.49. The van der Waals surface area contributed by atoms with Crippen LogP contribution < -0.4 is 5.32 Å². The van der Waals surface area contributed by atoms with Gasteiger partial charge in [0.1, 0.15) is 0 Å². The topological polar surface area (TPSA) is 42.0 Å². The summed E-state index contributed by atoms with van der Waals surface area (Å²) in [6, 6.07) is 4.07. The van der Waals surface area contributed by atoms with Crippen molar-refractivity contribution in [3.63, 3.8) is 0 Å². The van der Waals surface area contributed by atoms with Crippen LogP contribution in [0.1, 0.15) is 45.1 Å². The second-order valence-electron chi connectivity index (χ2n) is 5.07. The van der Waals surface area contributed by atoms with E-state index in [2.05, 4.69) is 16.4 Å². The van der Waals surface area contributed by atoms with E-state index in [1.165, 1.54) is 29.7 Å². The lowest BCUT2D eigenvalue weighted by atomic mass is 10.1. The highest BCUT2D eigenvalue weighted by molar-refractivity contribution is 7.12.